The summed E-state index contributed by atoms with van der Waals surface area (Å²) < 4.78 is 11.0. The van der Waals surface area contributed by atoms with Crippen molar-refractivity contribution in [3.8, 4) is 0 Å². The smallest absolute Gasteiger partial charge is 0.329 e. The molecule has 0 radical (unpaired) electrons. The standard InChI is InChI=1S/C16H27NO4/c1-16(2,3)21-15(19)13-7-4-10-17(13)14(18)9-8-12-6-5-11-20-12/h12-13H,4-11H2,1-3H3/t12?,13-/m0/s1. The summed E-state index contributed by atoms with van der Waals surface area (Å²) in [5, 5.41) is 0. The Morgan fingerprint density at radius 1 is 1.24 bits per heavy atom. The second kappa shape index (κ2) is 6.77. The van der Waals surface area contributed by atoms with Crippen molar-refractivity contribution in [2.24, 2.45) is 0 Å². The largest absolute Gasteiger partial charge is 0.458 e. The van der Waals surface area contributed by atoms with Crippen LogP contribution in [0.15, 0.2) is 0 Å². The van der Waals surface area contributed by atoms with Gasteiger partial charge in [-0.05, 0) is 52.9 Å². The highest BCUT2D eigenvalue weighted by Gasteiger charge is 2.36. The highest BCUT2D eigenvalue weighted by atomic mass is 16.6. The minimum atomic E-state index is -0.508. The molecule has 5 nitrogen and oxygen atoms in total. The first-order chi connectivity index (χ1) is 9.87. The fourth-order valence-corrected chi connectivity index (χ4v) is 2.98. The Balaban J connectivity index is 1.85. The van der Waals surface area contributed by atoms with E-state index in [1.807, 2.05) is 20.8 Å². The first kappa shape index (κ1) is 16.3. The summed E-state index contributed by atoms with van der Waals surface area (Å²) in [6.45, 7) is 7.02. The van der Waals surface area contributed by atoms with Crippen molar-refractivity contribution in [2.75, 3.05) is 13.2 Å². The van der Waals surface area contributed by atoms with E-state index in [4.69, 9.17) is 9.47 Å². The molecule has 2 saturated heterocycles. The highest BCUT2D eigenvalue weighted by Crippen LogP contribution is 2.23. The van der Waals surface area contributed by atoms with Crippen molar-refractivity contribution in [1.29, 1.82) is 0 Å². The van der Waals surface area contributed by atoms with Gasteiger partial charge >= 0.3 is 5.97 Å². The molecule has 0 aromatic heterocycles. The van der Waals surface area contributed by atoms with E-state index in [0.717, 1.165) is 32.3 Å². The first-order valence-corrected chi connectivity index (χ1v) is 8.01. The van der Waals surface area contributed by atoms with Crippen LogP contribution >= 0.6 is 0 Å². The zero-order chi connectivity index (χ0) is 15.5. The number of rotatable bonds is 4. The Hall–Kier alpha value is -1.10. The molecule has 1 unspecified atom stereocenters. The molecule has 0 N–H and O–H groups in total. The second-order valence-corrected chi connectivity index (χ2v) is 6.95. The van der Waals surface area contributed by atoms with Crippen molar-refractivity contribution in [2.45, 2.75) is 77.0 Å². The fraction of sp³-hybridized carbons (Fsp3) is 0.875. The van der Waals surface area contributed by atoms with E-state index in [1.54, 1.807) is 4.90 Å². The van der Waals surface area contributed by atoms with Crippen LogP contribution in [-0.4, -0.2) is 47.7 Å². The van der Waals surface area contributed by atoms with E-state index in [2.05, 4.69) is 0 Å². The maximum absolute atomic E-state index is 12.3. The Morgan fingerprint density at radius 3 is 2.62 bits per heavy atom. The number of ether oxygens (including phenoxy) is 2. The van der Waals surface area contributed by atoms with Crippen molar-refractivity contribution in [3.05, 3.63) is 0 Å². The monoisotopic (exact) mass is 297 g/mol. The van der Waals surface area contributed by atoms with Crippen molar-refractivity contribution < 1.29 is 19.1 Å². The summed E-state index contributed by atoms with van der Waals surface area (Å²) in [4.78, 5) is 26.2. The van der Waals surface area contributed by atoms with Gasteiger partial charge in [-0.25, -0.2) is 4.79 Å². The van der Waals surface area contributed by atoms with Gasteiger partial charge in [-0.15, -0.1) is 0 Å². The predicted octanol–water partition coefficient (Wildman–Crippen LogP) is 2.28. The molecule has 2 aliphatic heterocycles. The lowest BCUT2D eigenvalue weighted by Gasteiger charge is -2.27. The molecule has 0 aromatic carbocycles. The lowest BCUT2D eigenvalue weighted by molar-refractivity contribution is -0.163. The third-order valence-corrected chi connectivity index (χ3v) is 3.96. The molecule has 2 atom stereocenters. The minimum Gasteiger partial charge on any atom is -0.458 e. The summed E-state index contributed by atoms with van der Waals surface area (Å²) in [6, 6.07) is -0.402. The molecule has 2 fully saturated rings. The van der Waals surface area contributed by atoms with Gasteiger partial charge in [0, 0.05) is 19.6 Å². The van der Waals surface area contributed by atoms with E-state index in [9.17, 15) is 9.59 Å². The molecule has 21 heavy (non-hydrogen) atoms. The molecule has 2 rings (SSSR count). The van der Waals surface area contributed by atoms with Gasteiger partial charge in [-0.2, -0.15) is 0 Å². The summed E-state index contributed by atoms with van der Waals surface area (Å²) in [6.07, 6.45) is 5.15. The first-order valence-electron chi connectivity index (χ1n) is 8.01. The van der Waals surface area contributed by atoms with Crippen LogP contribution in [0.25, 0.3) is 0 Å². The quantitative estimate of drug-likeness (QED) is 0.747. The van der Waals surface area contributed by atoms with Gasteiger partial charge < -0.3 is 14.4 Å². The van der Waals surface area contributed by atoms with Crippen molar-refractivity contribution in [1.82, 2.24) is 4.90 Å². The number of likely N-dealkylation sites (tertiary alicyclic amines) is 1. The number of nitrogens with zero attached hydrogens (tertiary/aromatic N) is 1. The summed E-state index contributed by atoms with van der Waals surface area (Å²) >= 11 is 0. The lowest BCUT2D eigenvalue weighted by Crippen LogP contribution is -2.43. The van der Waals surface area contributed by atoms with E-state index in [1.165, 1.54) is 0 Å². The maximum atomic E-state index is 12.3. The Morgan fingerprint density at radius 2 is 2.00 bits per heavy atom. The molecule has 0 saturated carbocycles. The van der Waals surface area contributed by atoms with Gasteiger partial charge in [0.25, 0.3) is 0 Å². The zero-order valence-corrected chi connectivity index (χ0v) is 13.4. The molecule has 0 bridgehead atoms. The van der Waals surface area contributed by atoms with Gasteiger partial charge in [0.15, 0.2) is 0 Å². The molecule has 1 amide bonds. The van der Waals surface area contributed by atoms with Crippen LogP contribution in [0.5, 0.6) is 0 Å². The van der Waals surface area contributed by atoms with E-state index in [-0.39, 0.29) is 18.0 Å². The van der Waals surface area contributed by atoms with Gasteiger partial charge in [0.1, 0.15) is 11.6 Å². The third-order valence-electron chi connectivity index (χ3n) is 3.96. The second-order valence-electron chi connectivity index (χ2n) is 6.95. The predicted molar refractivity (Wildman–Crippen MR) is 78.8 cm³/mol. The molecule has 0 spiro atoms. The highest BCUT2D eigenvalue weighted by molar-refractivity contribution is 5.85. The Bertz CT molecular complexity index is 382. The van der Waals surface area contributed by atoms with Gasteiger partial charge in [0.05, 0.1) is 6.10 Å². The SMILES string of the molecule is CC(C)(C)OC(=O)[C@@H]1CCCN1C(=O)CCC1CCCO1. The number of carbonyl (C=O) groups excluding carboxylic acids is 2. The van der Waals surface area contributed by atoms with Crippen LogP contribution in [0, 0.1) is 0 Å². The van der Waals surface area contributed by atoms with Gasteiger partial charge in [0.2, 0.25) is 5.91 Å². The molecule has 0 aliphatic carbocycles. The van der Waals surface area contributed by atoms with Crippen LogP contribution in [0.2, 0.25) is 0 Å². The van der Waals surface area contributed by atoms with Crippen LogP contribution < -0.4 is 0 Å². The van der Waals surface area contributed by atoms with Gasteiger partial charge in [-0.3, -0.25) is 4.79 Å². The van der Waals surface area contributed by atoms with E-state index >= 15 is 0 Å². The van der Waals surface area contributed by atoms with Crippen LogP contribution in [0.4, 0.5) is 0 Å². The van der Waals surface area contributed by atoms with Crippen LogP contribution in [0.3, 0.4) is 0 Å². The minimum absolute atomic E-state index is 0.0545. The van der Waals surface area contributed by atoms with Crippen molar-refractivity contribution in [3.63, 3.8) is 0 Å². The fourth-order valence-electron chi connectivity index (χ4n) is 2.98. The number of hydrogen-bond donors (Lipinski definition) is 0. The number of amides is 1. The third kappa shape index (κ3) is 4.70. The van der Waals surface area contributed by atoms with Gasteiger partial charge in [-0.1, -0.05) is 0 Å². The van der Waals surface area contributed by atoms with Crippen LogP contribution in [-0.2, 0) is 19.1 Å². The Labute approximate surface area is 127 Å². The lowest BCUT2D eigenvalue weighted by atomic mass is 10.1. The summed E-state index contributed by atoms with van der Waals surface area (Å²) in [7, 11) is 0. The number of hydrogen-bond acceptors (Lipinski definition) is 4. The zero-order valence-electron chi connectivity index (χ0n) is 13.4. The molecule has 120 valence electrons. The molecular weight excluding hydrogens is 270 g/mol. The molecule has 0 aromatic rings. The summed E-state index contributed by atoms with van der Waals surface area (Å²) in [5.41, 5.74) is -0.508. The average Bonchev–Trinajstić information content (AvgIpc) is 3.05. The number of esters is 1. The van der Waals surface area contributed by atoms with E-state index < -0.39 is 11.6 Å². The number of carbonyl (C=O) groups is 2. The normalized spacial score (nSPS) is 26.1. The topological polar surface area (TPSA) is 55.8 Å². The van der Waals surface area contributed by atoms with Crippen molar-refractivity contribution >= 4 is 11.9 Å². The summed E-state index contributed by atoms with van der Waals surface area (Å²) in [5.74, 6) is -0.218. The maximum Gasteiger partial charge on any atom is 0.329 e. The average molecular weight is 297 g/mol. The molecule has 2 aliphatic rings. The molecule has 2 heterocycles. The molecule has 5 heteroatoms. The Kier molecular flexibility index (Phi) is 5.25. The molecular formula is C16H27NO4. The van der Waals surface area contributed by atoms with E-state index in [0.29, 0.717) is 19.4 Å². The van der Waals surface area contributed by atoms with Crippen LogP contribution in [0.1, 0.15) is 59.3 Å².